The zero-order valence-corrected chi connectivity index (χ0v) is 18.4. The smallest absolute Gasteiger partial charge is 0.253 e. The summed E-state index contributed by atoms with van der Waals surface area (Å²) in [7, 11) is 0. The Kier molecular flexibility index (Phi) is 6.01. The summed E-state index contributed by atoms with van der Waals surface area (Å²) >= 11 is 3.07. The maximum atomic E-state index is 13.1. The molecular formula is C21H21FN4O2S2. The zero-order valence-electron chi connectivity index (χ0n) is 16.7. The van der Waals surface area contributed by atoms with Crippen molar-refractivity contribution in [3.8, 4) is 0 Å². The van der Waals surface area contributed by atoms with Crippen molar-refractivity contribution in [1.82, 2.24) is 19.8 Å². The van der Waals surface area contributed by atoms with Crippen LogP contribution in [0.2, 0.25) is 0 Å². The lowest BCUT2D eigenvalue weighted by molar-refractivity contribution is -0.129. The van der Waals surface area contributed by atoms with E-state index in [4.69, 9.17) is 0 Å². The van der Waals surface area contributed by atoms with Gasteiger partial charge in [-0.2, -0.15) is 0 Å². The Balaban J connectivity index is 1.34. The van der Waals surface area contributed by atoms with Crippen LogP contribution in [0.4, 0.5) is 4.39 Å². The lowest BCUT2D eigenvalue weighted by Gasteiger charge is -2.34. The minimum Gasteiger partial charge on any atom is -0.338 e. The number of hydrogen-bond acceptors (Lipinski definition) is 6. The Hall–Kier alpha value is -2.52. The number of rotatable bonds is 4. The molecule has 1 saturated heterocycles. The van der Waals surface area contributed by atoms with E-state index in [1.807, 2.05) is 0 Å². The Morgan fingerprint density at radius 2 is 1.73 bits per heavy atom. The first kappa shape index (κ1) is 20.7. The molecule has 1 aliphatic heterocycles. The SMILES string of the molecule is Cc1sc2ncnc(SCC(=O)N3CCN(C(=O)c4ccc(F)cc4)CC3)c2c1C. The average Bonchev–Trinajstić information content (AvgIpc) is 3.06. The molecular weight excluding hydrogens is 423 g/mol. The van der Waals surface area contributed by atoms with Gasteiger partial charge in [-0.15, -0.1) is 11.3 Å². The van der Waals surface area contributed by atoms with Crippen LogP contribution >= 0.6 is 23.1 Å². The van der Waals surface area contributed by atoms with Crippen LogP contribution < -0.4 is 0 Å². The number of thiophene rings is 1. The van der Waals surface area contributed by atoms with Crippen LogP contribution in [-0.2, 0) is 4.79 Å². The summed E-state index contributed by atoms with van der Waals surface area (Å²) in [5.41, 5.74) is 1.62. The molecule has 0 N–H and O–H groups in total. The zero-order chi connectivity index (χ0) is 21.3. The molecule has 156 valence electrons. The normalized spacial score (nSPS) is 14.4. The Labute approximate surface area is 182 Å². The van der Waals surface area contributed by atoms with E-state index in [2.05, 4.69) is 23.8 Å². The standard InChI is InChI=1S/C21H21FN4O2S2/c1-13-14(2)30-20-18(13)19(23-12-24-20)29-11-17(27)25-7-9-26(10-8-25)21(28)15-3-5-16(22)6-4-15/h3-6,12H,7-11H2,1-2H3. The molecule has 0 aliphatic carbocycles. The minimum atomic E-state index is -0.367. The van der Waals surface area contributed by atoms with E-state index in [1.165, 1.54) is 46.5 Å². The Bertz CT molecular complexity index is 1090. The van der Waals surface area contributed by atoms with Gasteiger partial charge in [-0.1, -0.05) is 11.8 Å². The van der Waals surface area contributed by atoms with E-state index < -0.39 is 0 Å². The third-order valence-corrected chi connectivity index (χ3v) is 7.36. The highest BCUT2D eigenvalue weighted by Crippen LogP contribution is 2.34. The van der Waals surface area contributed by atoms with Gasteiger partial charge in [0, 0.05) is 42.0 Å². The quantitative estimate of drug-likeness (QED) is 0.455. The van der Waals surface area contributed by atoms with Gasteiger partial charge in [-0.25, -0.2) is 14.4 Å². The first-order valence-electron chi connectivity index (χ1n) is 9.60. The molecule has 0 unspecified atom stereocenters. The van der Waals surface area contributed by atoms with E-state index in [9.17, 15) is 14.0 Å². The van der Waals surface area contributed by atoms with Gasteiger partial charge in [-0.3, -0.25) is 9.59 Å². The summed E-state index contributed by atoms with van der Waals surface area (Å²) in [5, 5.41) is 1.87. The summed E-state index contributed by atoms with van der Waals surface area (Å²) in [6.45, 7) is 6.03. The number of hydrogen-bond donors (Lipinski definition) is 0. The molecule has 3 aromatic rings. The van der Waals surface area contributed by atoms with E-state index in [1.54, 1.807) is 27.5 Å². The van der Waals surface area contributed by atoms with Crippen molar-refractivity contribution >= 4 is 45.1 Å². The van der Waals surface area contributed by atoms with Gasteiger partial charge in [0.05, 0.1) is 5.75 Å². The molecule has 4 rings (SSSR count). The Morgan fingerprint density at radius 1 is 1.07 bits per heavy atom. The van der Waals surface area contributed by atoms with E-state index in [0.717, 1.165) is 15.2 Å². The van der Waals surface area contributed by atoms with Gasteiger partial charge >= 0.3 is 0 Å². The highest BCUT2D eigenvalue weighted by molar-refractivity contribution is 8.00. The lowest BCUT2D eigenvalue weighted by atomic mass is 10.2. The van der Waals surface area contributed by atoms with Crippen LogP contribution in [0.15, 0.2) is 35.6 Å². The number of fused-ring (bicyclic) bond motifs is 1. The third kappa shape index (κ3) is 4.17. The number of carbonyl (C=O) groups excluding carboxylic acids is 2. The molecule has 3 heterocycles. The van der Waals surface area contributed by atoms with Gasteiger partial charge in [0.2, 0.25) is 5.91 Å². The lowest BCUT2D eigenvalue weighted by Crippen LogP contribution is -2.51. The number of aryl methyl sites for hydroxylation is 2. The van der Waals surface area contributed by atoms with E-state index >= 15 is 0 Å². The fraction of sp³-hybridized carbons (Fsp3) is 0.333. The maximum absolute atomic E-state index is 13.1. The molecule has 1 aromatic carbocycles. The molecule has 2 aromatic heterocycles. The summed E-state index contributed by atoms with van der Waals surface area (Å²) < 4.78 is 13.1. The van der Waals surface area contributed by atoms with Crippen LogP contribution in [0.25, 0.3) is 10.2 Å². The number of aromatic nitrogens is 2. The number of halogens is 1. The molecule has 0 bridgehead atoms. The highest BCUT2D eigenvalue weighted by atomic mass is 32.2. The van der Waals surface area contributed by atoms with Crippen molar-refractivity contribution in [3.63, 3.8) is 0 Å². The van der Waals surface area contributed by atoms with Gasteiger partial charge in [0.25, 0.3) is 5.91 Å². The van der Waals surface area contributed by atoms with Gasteiger partial charge in [0.1, 0.15) is 22.0 Å². The maximum Gasteiger partial charge on any atom is 0.253 e. The van der Waals surface area contributed by atoms with Crippen molar-refractivity contribution in [3.05, 3.63) is 52.4 Å². The first-order valence-corrected chi connectivity index (χ1v) is 11.4. The summed E-state index contributed by atoms with van der Waals surface area (Å²) in [5.74, 6) is -0.173. The molecule has 0 radical (unpaired) electrons. The van der Waals surface area contributed by atoms with Crippen LogP contribution in [-0.4, -0.2) is 63.5 Å². The number of piperazine rings is 1. The highest BCUT2D eigenvalue weighted by Gasteiger charge is 2.25. The molecule has 0 spiro atoms. The van der Waals surface area contributed by atoms with Crippen molar-refractivity contribution < 1.29 is 14.0 Å². The predicted octanol–water partition coefficient (Wildman–Crippen LogP) is 3.52. The summed E-state index contributed by atoms with van der Waals surface area (Å²) in [4.78, 5) is 39.6. The van der Waals surface area contributed by atoms with E-state index in [0.29, 0.717) is 37.5 Å². The minimum absolute atomic E-state index is 0.0326. The van der Waals surface area contributed by atoms with Crippen LogP contribution in [0.3, 0.4) is 0 Å². The van der Waals surface area contributed by atoms with Gasteiger partial charge in [-0.05, 0) is 43.7 Å². The second-order valence-corrected chi connectivity index (χ2v) is 9.28. The molecule has 0 atom stereocenters. The predicted molar refractivity (Wildman–Crippen MR) is 116 cm³/mol. The third-order valence-electron chi connectivity index (χ3n) is 5.27. The van der Waals surface area contributed by atoms with Crippen LogP contribution in [0.1, 0.15) is 20.8 Å². The molecule has 9 heteroatoms. The monoisotopic (exact) mass is 444 g/mol. The first-order chi connectivity index (χ1) is 14.4. The van der Waals surface area contributed by atoms with Crippen molar-refractivity contribution in [2.24, 2.45) is 0 Å². The fourth-order valence-corrected chi connectivity index (χ4v) is 5.43. The average molecular weight is 445 g/mol. The van der Waals surface area contributed by atoms with Gasteiger partial charge in [0.15, 0.2) is 0 Å². The molecule has 2 amide bonds. The van der Waals surface area contributed by atoms with Gasteiger partial charge < -0.3 is 9.80 Å². The van der Waals surface area contributed by atoms with E-state index in [-0.39, 0.29) is 17.6 Å². The summed E-state index contributed by atoms with van der Waals surface area (Å²) in [6, 6.07) is 5.54. The molecule has 0 saturated carbocycles. The van der Waals surface area contributed by atoms with Crippen LogP contribution in [0, 0.1) is 19.7 Å². The Morgan fingerprint density at radius 3 is 2.43 bits per heavy atom. The topological polar surface area (TPSA) is 66.4 Å². The van der Waals surface area contributed by atoms with Crippen molar-refractivity contribution in [2.45, 2.75) is 18.9 Å². The second-order valence-electron chi connectivity index (χ2n) is 7.11. The van der Waals surface area contributed by atoms with Crippen LogP contribution in [0.5, 0.6) is 0 Å². The molecule has 1 aliphatic rings. The second kappa shape index (κ2) is 8.69. The van der Waals surface area contributed by atoms with Crippen molar-refractivity contribution in [2.75, 3.05) is 31.9 Å². The fourth-order valence-electron chi connectivity index (χ4n) is 3.41. The number of benzene rings is 1. The van der Waals surface area contributed by atoms with Crippen molar-refractivity contribution in [1.29, 1.82) is 0 Å². The molecule has 30 heavy (non-hydrogen) atoms. The summed E-state index contributed by atoms with van der Waals surface area (Å²) in [6.07, 6.45) is 1.55. The number of nitrogens with zero attached hydrogens (tertiary/aromatic N) is 4. The number of carbonyl (C=O) groups is 2. The number of thioether (sulfide) groups is 1. The molecule has 6 nitrogen and oxygen atoms in total. The number of amides is 2. The molecule has 1 fully saturated rings. The largest absolute Gasteiger partial charge is 0.338 e.